The second kappa shape index (κ2) is 6.45. The first-order valence-electron chi connectivity index (χ1n) is 6.16. The predicted molar refractivity (Wildman–Crippen MR) is 73.4 cm³/mol. The molecule has 0 aromatic heterocycles. The molecule has 0 radical (unpaired) electrons. The van der Waals surface area contributed by atoms with Crippen molar-refractivity contribution in [3.8, 4) is 0 Å². The van der Waals surface area contributed by atoms with Gasteiger partial charge in [0.1, 0.15) is 5.82 Å². The lowest BCUT2D eigenvalue weighted by Crippen LogP contribution is -2.13. The van der Waals surface area contributed by atoms with Gasteiger partial charge in [-0.3, -0.25) is 0 Å². The highest BCUT2D eigenvalue weighted by atomic mass is 35.5. The van der Waals surface area contributed by atoms with Crippen molar-refractivity contribution in [2.75, 3.05) is 0 Å². The van der Waals surface area contributed by atoms with Crippen LogP contribution in [0.3, 0.4) is 0 Å². The van der Waals surface area contributed by atoms with Crippen LogP contribution in [0.1, 0.15) is 16.7 Å². The lowest BCUT2D eigenvalue weighted by molar-refractivity contribution is -0.137. The van der Waals surface area contributed by atoms with Crippen molar-refractivity contribution in [1.82, 2.24) is 5.32 Å². The number of halogens is 5. The highest BCUT2D eigenvalue weighted by Gasteiger charge is 2.29. The maximum atomic E-state index is 13.1. The summed E-state index contributed by atoms with van der Waals surface area (Å²) in [5, 5.41) is 3.33. The SMILES string of the molecule is Fc1cc(Cl)cc(CNCc2ccc(C(F)(F)F)cc2)c1. The fourth-order valence-corrected chi connectivity index (χ4v) is 2.12. The third-order valence-electron chi connectivity index (χ3n) is 2.86. The molecule has 2 rings (SSSR count). The van der Waals surface area contributed by atoms with Crippen molar-refractivity contribution in [2.24, 2.45) is 0 Å². The Labute approximate surface area is 124 Å². The molecule has 0 fully saturated rings. The highest BCUT2D eigenvalue weighted by Crippen LogP contribution is 2.29. The van der Waals surface area contributed by atoms with Crippen LogP contribution in [0.5, 0.6) is 0 Å². The fourth-order valence-electron chi connectivity index (χ4n) is 1.88. The van der Waals surface area contributed by atoms with Gasteiger partial charge in [0.15, 0.2) is 0 Å². The van der Waals surface area contributed by atoms with Gasteiger partial charge in [0.25, 0.3) is 0 Å². The lowest BCUT2D eigenvalue weighted by Gasteiger charge is -2.09. The molecular formula is C15H12ClF4N. The zero-order valence-electron chi connectivity index (χ0n) is 10.8. The Morgan fingerprint density at radius 3 is 2.10 bits per heavy atom. The van der Waals surface area contributed by atoms with Crippen molar-refractivity contribution in [3.05, 3.63) is 70.0 Å². The van der Waals surface area contributed by atoms with E-state index in [1.165, 1.54) is 24.3 Å². The summed E-state index contributed by atoms with van der Waals surface area (Å²) in [7, 11) is 0. The summed E-state index contributed by atoms with van der Waals surface area (Å²) in [6.45, 7) is 0.755. The average Bonchev–Trinajstić information content (AvgIpc) is 2.37. The summed E-state index contributed by atoms with van der Waals surface area (Å²) in [5.41, 5.74) is 0.709. The maximum absolute atomic E-state index is 13.1. The number of benzene rings is 2. The Hall–Kier alpha value is -1.59. The first-order chi connectivity index (χ1) is 9.84. The lowest BCUT2D eigenvalue weighted by atomic mass is 10.1. The molecule has 0 aliphatic rings. The monoisotopic (exact) mass is 317 g/mol. The van der Waals surface area contributed by atoms with Crippen molar-refractivity contribution in [2.45, 2.75) is 19.3 Å². The Morgan fingerprint density at radius 2 is 1.52 bits per heavy atom. The van der Waals surface area contributed by atoms with Crippen molar-refractivity contribution in [3.63, 3.8) is 0 Å². The van der Waals surface area contributed by atoms with E-state index in [0.717, 1.165) is 12.1 Å². The highest BCUT2D eigenvalue weighted by molar-refractivity contribution is 6.30. The molecule has 21 heavy (non-hydrogen) atoms. The smallest absolute Gasteiger partial charge is 0.309 e. The molecule has 112 valence electrons. The summed E-state index contributed by atoms with van der Waals surface area (Å²) in [6, 6.07) is 9.09. The van der Waals surface area contributed by atoms with E-state index in [9.17, 15) is 17.6 Å². The molecule has 0 aliphatic heterocycles. The van der Waals surface area contributed by atoms with Crippen LogP contribution in [0.4, 0.5) is 17.6 Å². The number of alkyl halides is 3. The number of rotatable bonds is 4. The Morgan fingerprint density at radius 1 is 0.905 bits per heavy atom. The molecule has 0 saturated carbocycles. The molecule has 6 heteroatoms. The van der Waals surface area contributed by atoms with Crippen LogP contribution in [0.15, 0.2) is 42.5 Å². The van der Waals surface area contributed by atoms with Gasteiger partial charge in [0, 0.05) is 18.1 Å². The van der Waals surface area contributed by atoms with Crippen molar-refractivity contribution < 1.29 is 17.6 Å². The van der Waals surface area contributed by atoms with Crippen molar-refractivity contribution in [1.29, 1.82) is 0 Å². The van der Waals surface area contributed by atoms with Crippen LogP contribution in [0.2, 0.25) is 5.02 Å². The van der Waals surface area contributed by atoms with Crippen LogP contribution < -0.4 is 5.32 Å². The predicted octanol–water partition coefficient (Wildman–Crippen LogP) is 4.79. The largest absolute Gasteiger partial charge is 0.416 e. The zero-order valence-corrected chi connectivity index (χ0v) is 11.6. The minimum atomic E-state index is -4.33. The molecular weight excluding hydrogens is 306 g/mol. The fraction of sp³-hybridized carbons (Fsp3) is 0.200. The van der Waals surface area contributed by atoms with E-state index in [0.29, 0.717) is 29.2 Å². The first kappa shape index (κ1) is 15.8. The molecule has 2 aromatic rings. The van der Waals surface area contributed by atoms with Gasteiger partial charge in [-0.2, -0.15) is 13.2 Å². The van der Waals surface area contributed by atoms with Crippen LogP contribution in [0.25, 0.3) is 0 Å². The molecule has 0 bridgehead atoms. The third-order valence-corrected chi connectivity index (χ3v) is 3.08. The first-order valence-corrected chi connectivity index (χ1v) is 6.54. The molecule has 0 amide bonds. The van der Waals surface area contributed by atoms with Crippen LogP contribution >= 0.6 is 11.6 Å². The van der Waals surface area contributed by atoms with Gasteiger partial charge >= 0.3 is 6.18 Å². The van der Waals surface area contributed by atoms with E-state index in [-0.39, 0.29) is 0 Å². The molecule has 1 nitrogen and oxygen atoms in total. The molecule has 0 spiro atoms. The second-order valence-corrected chi connectivity index (χ2v) is 5.01. The molecule has 0 atom stereocenters. The zero-order chi connectivity index (χ0) is 15.5. The molecule has 1 N–H and O–H groups in total. The van der Waals surface area contributed by atoms with Gasteiger partial charge in [-0.05, 0) is 41.5 Å². The van der Waals surface area contributed by atoms with Crippen LogP contribution in [-0.4, -0.2) is 0 Å². The number of nitrogens with one attached hydrogen (secondary N) is 1. The van der Waals surface area contributed by atoms with E-state index in [4.69, 9.17) is 11.6 Å². The number of hydrogen-bond acceptors (Lipinski definition) is 1. The molecule has 0 aliphatic carbocycles. The molecule has 2 aromatic carbocycles. The molecule has 0 saturated heterocycles. The topological polar surface area (TPSA) is 12.0 Å². The van der Waals surface area contributed by atoms with Gasteiger partial charge in [-0.15, -0.1) is 0 Å². The summed E-state index contributed by atoms with van der Waals surface area (Å²) < 4.78 is 50.3. The summed E-state index contributed by atoms with van der Waals surface area (Å²) in [4.78, 5) is 0. The molecule has 0 heterocycles. The Balaban J connectivity index is 1.91. The van der Waals surface area contributed by atoms with Gasteiger partial charge < -0.3 is 5.32 Å². The quantitative estimate of drug-likeness (QED) is 0.800. The summed E-state index contributed by atoms with van der Waals surface area (Å²) >= 11 is 5.73. The summed E-state index contributed by atoms with van der Waals surface area (Å²) in [6.07, 6.45) is -4.33. The van der Waals surface area contributed by atoms with E-state index < -0.39 is 17.6 Å². The third kappa shape index (κ3) is 4.72. The van der Waals surface area contributed by atoms with E-state index in [2.05, 4.69) is 5.32 Å². The standard InChI is InChI=1S/C15H12ClF4N/c16-13-5-11(6-14(17)7-13)9-21-8-10-1-3-12(4-2-10)15(18,19)20/h1-7,21H,8-9H2. The summed E-state index contributed by atoms with van der Waals surface area (Å²) in [5.74, 6) is -0.422. The minimum Gasteiger partial charge on any atom is -0.309 e. The normalized spacial score (nSPS) is 11.7. The maximum Gasteiger partial charge on any atom is 0.416 e. The number of hydrogen-bond donors (Lipinski definition) is 1. The van der Waals surface area contributed by atoms with Gasteiger partial charge in [-0.1, -0.05) is 23.7 Å². The van der Waals surface area contributed by atoms with Crippen molar-refractivity contribution >= 4 is 11.6 Å². The van der Waals surface area contributed by atoms with E-state index >= 15 is 0 Å². The van der Waals surface area contributed by atoms with Crippen LogP contribution in [-0.2, 0) is 19.3 Å². The minimum absolute atomic E-state index is 0.307. The second-order valence-electron chi connectivity index (χ2n) is 4.58. The van der Waals surface area contributed by atoms with E-state index in [1.54, 1.807) is 6.07 Å². The Bertz CT molecular complexity index is 588. The van der Waals surface area contributed by atoms with Gasteiger partial charge in [0.2, 0.25) is 0 Å². The van der Waals surface area contributed by atoms with Gasteiger partial charge in [-0.25, -0.2) is 4.39 Å². The van der Waals surface area contributed by atoms with Crippen LogP contribution in [0, 0.1) is 5.82 Å². The molecule has 0 unspecified atom stereocenters. The Kier molecular flexibility index (Phi) is 4.85. The average molecular weight is 318 g/mol. The van der Waals surface area contributed by atoms with Gasteiger partial charge in [0.05, 0.1) is 5.56 Å². The van der Waals surface area contributed by atoms with E-state index in [1.807, 2.05) is 0 Å².